The van der Waals surface area contributed by atoms with Crippen molar-refractivity contribution in [3.63, 3.8) is 0 Å². The number of benzene rings is 1. The summed E-state index contributed by atoms with van der Waals surface area (Å²) in [7, 11) is 0. The minimum atomic E-state index is 0.551. The van der Waals surface area contributed by atoms with E-state index in [9.17, 15) is 0 Å². The average Bonchev–Trinajstić information content (AvgIpc) is 2.72. The number of hydrogen-bond donors (Lipinski definition) is 1. The summed E-state index contributed by atoms with van der Waals surface area (Å²) < 4.78 is 0. The van der Waals surface area contributed by atoms with E-state index in [1.54, 1.807) is 0 Å². The molecule has 2 heteroatoms. The van der Waals surface area contributed by atoms with Crippen LogP contribution in [0.25, 0.3) is 0 Å². The predicted octanol–water partition coefficient (Wildman–Crippen LogP) is 4.25. The first-order valence-corrected chi connectivity index (χ1v) is 7.67. The van der Waals surface area contributed by atoms with Gasteiger partial charge in [0.05, 0.1) is 0 Å². The molecule has 2 rings (SSSR count). The van der Waals surface area contributed by atoms with Crippen molar-refractivity contribution in [2.45, 2.75) is 50.6 Å². The molecule has 17 heavy (non-hydrogen) atoms. The molecule has 1 aromatic rings. The topological polar surface area (TPSA) is 12.0 Å². The van der Waals surface area contributed by atoms with Crippen molar-refractivity contribution in [2.75, 3.05) is 5.75 Å². The molecule has 0 amide bonds. The molecule has 1 nitrogen and oxygen atoms in total. The first-order valence-electron chi connectivity index (χ1n) is 6.68. The van der Waals surface area contributed by atoms with Crippen LogP contribution in [0, 0.1) is 5.92 Å². The van der Waals surface area contributed by atoms with Crippen molar-refractivity contribution in [3.05, 3.63) is 29.8 Å². The fourth-order valence-electron chi connectivity index (χ4n) is 2.48. The molecule has 94 valence electrons. The van der Waals surface area contributed by atoms with Crippen molar-refractivity contribution in [3.8, 4) is 0 Å². The summed E-state index contributed by atoms with van der Waals surface area (Å²) in [5.41, 5.74) is 1.49. The second kappa shape index (κ2) is 5.92. The molecule has 0 saturated carbocycles. The number of thioether (sulfide) groups is 1. The monoisotopic (exact) mass is 249 g/mol. The lowest BCUT2D eigenvalue weighted by molar-refractivity contribution is 0.388. The maximum absolute atomic E-state index is 3.78. The Morgan fingerprint density at radius 2 is 2.12 bits per heavy atom. The first kappa shape index (κ1) is 13.0. The van der Waals surface area contributed by atoms with Crippen LogP contribution in [0.3, 0.4) is 0 Å². The summed E-state index contributed by atoms with van der Waals surface area (Å²) in [4.78, 5) is 1.46. The highest BCUT2D eigenvalue weighted by atomic mass is 32.2. The maximum Gasteiger partial charge on any atom is 0.0428 e. The van der Waals surface area contributed by atoms with Crippen LogP contribution in [0.1, 0.15) is 45.2 Å². The molecule has 1 N–H and O–H groups in total. The summed E-state index contributed by atoms with van der Waals surface area (Å²) in [5.74, 6) is 2.01. The Kier molecular flexibility index (Phi) is 4.52. The van der Waals surface area contributed by atoms with Crippen LogP contribution in [-0.2, 0) is 0 Å². The standard InChI is InChI=1S/C15H23NS/c1-4-11(2)9-12(3)16-14-10-17-15-8-6-5-7-13(14)15/h5-8,11-12,14,16H,4,9-10H2,1-3H3. The van der Waals surface area contributed by atoms with E-state index < -0.39 is 0 Å². The maximum atomic E-state index is 3.78. The largest absolute Gasteiger partial charge is 0.307 e. The van der Waals surface area contributed by atoms with Gasteiger partial charge in [-0.15, -0.1) is 11.8 Å². The lowest BCUT2D eigenvalue weighted by Crippen LogP contribution is -2.31. The lowest BCUT2D eigenvalue weighted by Gasteiger charge is -2.22. The molecule has 0 aromatic heterocycles. The summed E-state index contributed by atoms with van der Waals surface area (Å²) in [6.45, 7) is 6.94. The molecule has 1 aliphatic heterocycles. The van der Waals surface area contributed by atoms with E-state index in [0.717, 1.165) is 5.92 Å². The minimum absolute atomic E-state index is 0.551. The second-order valence-corrected chi connectivity index (χ2v) is 6.28. The zero-order chi connectivity index (χ0) is 12.3. The van der Waals surface area contributed by atoms with E-state index in [-0.39, 0.29) is 0 Å². The second-order valence-electron chi connectivity index (χ2n) is 5.22. The van der Waals surface area contributed by atoms with Crippen LogP contribution in [-0.4, -0.2) is 11.8 Å². The zero-order valence-corrected chi connectivity index (χ0v) is 11.9. The van der Waals surface area contributed by atoms with E-state index in [4.69, 9.17) is 0 Å². The smallest absolute Gasteiger partial charge is 0.0428 e. The number of fused-ring (bicyclic) bond motifs is 1. The quantitative estimate of drug-likeness (QED) is 0.837. The van der Waals surface area contributed by atoms with Crippen LogP contribution in [0.4, 0.5) is 0 Å². The molecule has 1 heterocycles. The molecule has 0 saturated heterocycles. The van der Waals surface area contributed by atoms with Crippen molar-refractivity contribution in [1.82, 2.24) is 5.32 Å². The Bertz CT molecular complexity index is 364. The van der Waals surface area contributed by atoms with Crippen LogP contribution in [0.15, 0.2) is 29.2 Å². The van der Waals surface area contributed by atoms with Gasteiger partial charge >= 0.3 is 0 Å². The molecule has 1 aromatic carbocycles. The van der Waals surface area contributed by atoms with E-state index >= 15 is 0 Å². The molecule has 0 bridgehead atoms. The highest BCUT2D eigenvalue weighted by Gasteiger charge is 2.23. The van der Waals surface area contributed by atoms with Gasteiger partial charge in [0.1, 0.15) is 0 Å². The third-order valence-corrected chi connectivity index (χ3v) is 4.82. The van der Waals surface area contributed by atoms with Crippen LogP contribution < -0.4 is 5.32 Å². The number of rotatable bonds is 5. The molecule has 3 atom stereocenters. The van der Waals surface area contributed by atoms with Crippen molar-refractivity contribution in [1.29, 1.82) is 0 Å². The minimum Gasteiger partial charge on any atom is -0.307 e. The fourth-order valence-corrected chi connectivity index (χ4v) is 3.66. The third kappa shape index (κ3) is 3.26. The van der Waals surface area contributed by atoms with E-state index in [1.165, 1.54) is 29.1 Å². The van der Waals surface area contributed by atoms with Gasteiger partial charge in [0, 0.05) is 22.7 Å². The highest BCUT2D eigenvalue weighted by molar-refractivity contribution is 7.99. The molecule has 0 fully saturated rings. The number of hydrogen-bond acceptors (Lipinski definition) is 2. The fraction of sp³-hybridized carbons (Fsp3) is 0.600. The Morgan fingerprint density at radius 1 is 1.35 bits per heavy atom. The Morgan fingerprint density at radius 3 is 2.88 bits per heavy atom. The van der Waals surface area contributed by atoms with Gasteiger partial charge in [-0.3, -0.25) is 0 Å². The Balaban J connectivity index is 1.93. The molecule has 0 aliphatic carbocycles. The average molecular weight is 249 g/mol. The normalized spacial score (nSPS) is 22.2. The van der Waals surface area contributed by atoms with Gasteiger partial charge in [0.25, 0.3) is 0 Å². The molecule has 0 spiro atoms. The van der Waals surface area contributed by atoms with Crippen molar-refractivity contribution >= 4 is 11.8 Å². The van der Waals surface area contributed by atoms with Crippen molar-refractivity contribution < 1.29 is 0 Å². The molecule has 1 aliphatic rings. The van der Waals surface area contributed by atoms with Crippen LogP contribution in [0.5, 0.6) is 0 Å². The number of nitrogens with one attached hydrogen (secondary N) is 1. The summed E-state index contributed by atoms with van der Waals surface area (Å²) in [6.07, 6.45) is 2.56. The van der Waals surface area contributed by atoms with E-state index in [2.05, 4.69) is 50.4 Å². The predicted molar refractivity (Wildman–Crippen MR) is 76.6 cm³/mol. The summed E-state index contributed by atoms with van der Waals surface area (Å²) >= 11 is 1.98. The van der Waals surface area contributed by atoms with Gasteiger partial charge in [-0.2, -0.15) is 0 Å². The first-order chi connectivity index (χ1) is 8.20. The highest BCUT2D eigenvalue weighted by Crippen LogP contribution is 2.38. The van der Waals surface area contributed by atoms with Crippen molar-refractivity contribution in [2.24, 2.45) is 5.92 Å². The zero-order valence-electron chi connectivity index (χ0n) is 11.1. The molecular weight excluding hydrogens is 226 g/mol. The Labute approximate surface area is 109 Å². The SMILES string of the molecule is CCC(C)CC(C)NC1CSc2ccccc21. The molecular formula is C15H23NS. The van der Waals surface area contributed by atoms with E-state index in [1.807, 2.05) is 11.8 Å². The van der Waals surface area contributed by atoms with Gasteiger partial charge in [-0.05, 0) is 30.9 Å². The van der Waals surface area contributed by atoms with Gasteiger partial charge in [-0.25, -0.2) is 0 Å². The van der Waals surface area contributed by atoms with Crippen LogP contribution in [0.2, 0.25) is 0 Å². The molecule has 0 radical (unpaired) electrons. The van der Waals surface area contributed by atoms with Gasteiger partial charge < -0.3 is 5.32 Å². The summed E-state index contributed by atoms with van der Waals surface area (Å²) in [6, 6.07) is 9.96. The molecule has 3 unspecified atom stereocenters. The Hall–Kier alpha value is -0.470. The van der Waals surface area contributed by atoms with Gasteiger partial charge in [0.15, 0.2) is 0 Å². The van der Waals surface area contributed by atoms with Gasteiger partial charge in [0.2, 0.25) is 0 Å². The summed E-state index contributed by atoms with van der Waals surface area (Å²) in [5, 5.41) is 3.78. The third-order valence-electron chi connectivity index (χ3n) is 3.64. The van der Waals surface area contributed by atoms with E-state index in [0.29, 0.717) is 12.1 Å². The van der Waals surface area contributed by atoms with Crippen LogP contribution >= 0.6 is 11.8 Å². The van der Waals surface area contributed by atoms with Gasteiger partial charge in [-0.1, -0.05) is 38.5 Å². The lowest BCUT2D eigenvalue weighted by atomic mass is 9.99.